The van der Waals surface area contributed by atoms with Gasteiger partial charge in [-0.15, -0.1) is 11.3 Å². The molecule has 41 heavy (non-hydrogen) atoms. The molecule has 2 aromatic carbocycles. The van der Waals surface area contributed by atoms with Gasteiger partial charge < -0.3 is 15.1 Å². The number of nitrogens with one attached hydrogen (secondary N) is 1. The van der Waals surface area contributed by atoms with E-state index < -0.39 is 0 Å². The Morgan fingerprint density at radius 2 is 1.73 bits per heavy atom. The second-order valence-corrected chi connectivity index (χ2v) is 11.6. The predicted octanol–water partition coefficient (Wildman–Crippen LogP) is 4.59. The van der Waals surface area contributed by atoms with Crippen molar-refractivity contribution in [3.05, 3.63) is 88.4 Å². The molecule has 1 aromatic heterocycles. The van der Waals surface area contributed by atoms with Gasteiger partial charge in [-0.1, -0.05) is 74.5 Å². The molecule has 1 saturated heterocycles. The van der Waals surface area contributed by atoms with Crippen molar-refractivity contribution in [2.24, 2.45) is 5.92 Å². The van der Waals surface area contributed by atoms with Crippen LogP contribution in [0.3, 0.4) is 0 Å². The molecule has 216 valence electrons. The molecule has 1 fully saturated rings. The molecule has 1 N–H and O–H groups in total. The normalized spacial score (nSPS) is 14.0. The Labute approximate surface area is 246 Å². The summed E-state index contributed by atoms with van der Waals surface area (Å²) in [6.07, 6.45) is 4.49. The number of aromatic nitrogens is 1. The van der Waals surface area contributed by atoms with E-state index in [1.807, 2.05) is 67.4 Å². The number of hydrogen-bond acceptors (Lipinski definition) is 6. The van der Waals surface area contributed by atoms with Gasteiger partial charge in [-0.2, -0.15) is 0 Å². The summed E-state index contributed by atoms with van der Waals surface area (Å²) in [5.74, 6) is -0.220. The van der Waals surface area contributed by atoms with E-state index in [1.54, 1.807) is 11.0 Å². The summed E-state index contributed by atoms with van der Waals surface area (Å²) in [5.41, 5.74) is 3.30. The molecule has 0 aliphatic carbocycles. The number of benzene rings is 2. The number of piperazine rings is 1. The van der Waals surface area contributed by atoms with Crippen LogP contribution in [0.1, 0.15) is 41.0 Å². The molecule has 0 atom stereocenters. The van der Waals surface area contributed by atoms with E-state index in [1.165, 1.54) is 16.9 Å². The van der Waals surface area contributed by atoms with Crippen molar-refractivity contribution in [2.75, 3.05) is 51.1 Å². The molecule has 0 spiro atoms. The van der Waals surface area contributed by atoms with Crippen molar-refractivity contribution in [1.82, 2.24) is 19.7 Å². The first-order valence-electron chi connectivity index (χ1n) is 14.1. The molecule has 0 unspecified atom stereocenters. The molecule has 8 nitrogen and oxygen atoms in total. The average molecular weight is 574 g/mol. The van der Waals surface area contributed by atoms with Gasteiger partial charge in [-0.05, 0) is 30.0 Å². The third kappa shape index (κ3) is 9.09. The molecule has 0 bridgehead atoms. The standard InChI is InChI=1S/C32H39N5O3S/c1-24(2)21-37(31(40)28-14-8-7-10-25(28)3)22-29(38)34-32-33-27(23-41-32)20-30(39)36-18-16-35(17-19-36)15-9-13-26-11-5-4-6-12-26/h4-14,23-24H,15-22H2,1-3H3,(H,33,34,38)/b13-9+. The zero-order valence-electron chi connectivity index (χ0n) is 24.1. The number of hydrogen-bond donors (Lipinski definition) is 1. The number of nitrogens with zero attached hydrogens (tertiary/aromatic N) is 4. The fraction of sp³-hybridized carbons (Fsp3) is 0.375. The van der Waals surface area contributed by atoms with Gasteiger partial charge in [0, 0.05) is 50.2 Å². The Hall–Kier alpha value is -3.82. The van der Waals surface area contributed by atoms with E-state index in [-0.39, 0.29) is 36.6 Å². The lowest BCUT2D eigenvalue weighted by atomic mass is 10.1. The van der Waals surface area contributed by atoms with Gasteiger partial charge in [0.2, 0.25) is 11.8 Å². The van der Waals surface area contributed by atoms with Gasteiger partial charge in [0.25, 0.3) is 5.91 Å². The maximum Gasteiger partial charge on any atom is 0.254 e. The highest BCUT2D eigenvalue weighted by atomic mass is 32.1. The van der Waals surface area contributed by atoms with Crippen molar-refractivity contribution in [3.63, 3.8) is 0 Å². The second-order valence-electron chi connectivity index (χ2n) is 10.8. The van der Waals surface area contributed by atoms with Crippen LogP contribution in [0, 0.1) is 12.8 Å². The van der Waals surface area contributed by atoms with E-state index in [0.717, 1.165) is 25.2 Å². The molecular formula is C32H39N5O3S. The molecule has 0 saturated carbocycles. The Balaban J connectivity index is 1.24. The van der Waals surface area contributed by atoms with Crippen molar-refractivity contribution in [1.29, 1.82) is 0 Å². The van der Waals surface area contributed by atoms with Gasteiger partial charge in [-0.3, -0.25) is 19.3 Å². The fourth-order valence-electron chi connectivity index (χ4n) is 4.77. The van der Waals surface area contributed by atoms with Gasteiger partial charge in [0.05, 0.1) is 12.1 Å². The smallest absolute Gasteiger partial charge is 0.254 e. The predicted molar refractivity (Wildman–Crippen MR) is 165 cm³/mol. The number of carbonyl (C=O) groups is 3. The lowest BCUT2D eigenvalue weighted by molar-refractivity contribution is -0.132. The van der Waals surface area contributed by atoms with Crippen LogP contribution in [-0.2, 0) is 16.0 Å². The molecule has 1 aliphatic heterocycles. The number of carbonyl (C=O) groups excluding carboxylic acids is 3. The van der Waals surface area contributed by atoms with Gasteiger partial charge in [0.15, 0.2) is 5.13 Å². The van der Waals surface area contributed by atoms with E-state index in [2.05, 4.69) is 39.5 Å². The molecule has 3 aromatic rings. The number of anilines is 1. The first-order chi connectivity index (χ1) is 19.8. The van der Waals surface area contributed by atoms with Crippen LogP contribution in [0.15, 0.2) is 66.1 Å². The maximum atomic E-state index is 13.2. The minimum absolute atomic E-state index is 0.0413. The Morgan fingerprint density at radius 3 is 2.44 bits per heavy atom. The number of aryl methyl sites for hydroxylation is 1. The number of rotatable bonds is 11. The molecule has 1 aliphatic rings. The SMILES string of the molecule is Cc1ccccc1C(=O)N(CC(=O)Nc1nc(CC(=O)N2CCN(C/C=C/c3ccccc3)CC2)cs1)CC(C)C. The lowest BCUT2D eigenvalue weighted by Gasteiger charge is -2.34. The lowest BCUT2D eigenvalue weighted by Crippen LogP contribution is -2.49. The topological polar surface area (TPSA) is 85.8 Å². The van der Waals surface area contributed by atoms with Gasteiger partial charge in [-0.25, -0.2) is 4.98 Å². The van der Waals surface area contributed by atoms with Crippen molar-refractivity contribution in [3.8, 4) is 0 Å². The first-order valence-corrected chi connectivity index (χ1v) is 15.0. The van der Waals surface area contributed by atoms with Crippen LogP contribution < -0.4 is 5.32 Å². The minimum Gasteiger partial charge on any atom is -0.340 e. The summed E-state index contributed by atoms with van der Waals surface area (Å²) in [6.45, 7) is 10.2. The minimum atomic E-state index is -0.308. The highest BCUT2D eigenvalue weighted by molar-refractivity contribution is 7.13. The van der Waals surface area contributed by atoms with Crippen LogP contribution in [0.2, 0.25) is 0 Å². The van der Waals surface area contributed by atoms with Crippen LogP contribution in [0.4, 0.5) is 5.13 Å². The Morgan fingerprint density at radius 1 is 1.02 bits per heavy atom. The summed E-state index contributed by atoms with van der Waals surface area (Å²) < 4.78 is 0. The molecule has 0 radical (unpaired) electrons. The first kappa shape index (κ1) is 30.1. The largest absolute Gasteiger partial charge is 0.340 e. The highest BCUT2D eigenvalue weighted by Gasteiger charge is 2.23. The quantitative estimate of drug-likeness (QED) is 0.363. The summed E-state index contributed by atoms with van der Waals surface area (Å²) in [6, 6.07) is 17.6. The molecule has 9 heteroatoms. The van der Waals surface area contributed by atoms with Crippen molar-refractivity contribution in [2.45, 2.75) is 27.2 Å². The Kier molecular flexibility index (Phi) is 10.8. The molecular weight excluding hydrogens is 534 g/mol. The van der Waals surface area contributed by atoms with Crippen LogP contribution in [-0.4, -0.2) is 83.2 Å². The maximum absolute atomic E-state index is 13.2. The molecule has 3 amide bonds. The third-order valence-corrected chi connectivity index (χ3v) is 7.72. The number of thiazole rings is 1. The summed E-state index contributed by atoms with van der Waals surface area (Å²) in [7, 11) is 0. The molecule has 2 heterocycles. The van der Waals surface area contributed by atoms with Crippen LogP contribution in [0.25, 0.3) is 6.08 Å². The van der Waals surface area contributed by atoms with E-state index in [9.17, 15) is 14.4 Å². The zero-order chi connectivity index (χ0) is 29.2. The fourth-order valence-corrected chi connectivity index (χ4v) is 5.50. The van der Waals surface area contributed by atoms with Crippen LogP contribution >= 0.6 is 11.3 Å². The summed E-state index contributed by atoms with van der Waals surface area (Å²) in [4.78, 5) is 49.2. The molecule has 4 rings (SSSR count). The van der Waals surface area contributed by atoms with Gasteiger partial charge in [0.1, 0.15) is 6.54 Å². The van der Waals surface area contributed by atoms with Gasteiger partial charge >= 0.3 is 0 Å². The van der Waals surface area contributed by atoms with E-state index >= 15 is 0 Å². The summed E-state index contributed by atoms with van der Waals surface area (Å²) in [5, 5.41) is 5.05. The Bertz CT molecular complexity index is 1350. The second kappa shape index (κ2) is 14.7. The van der Waals surface area contributed by atoms with Crippen molar-refractivity contribution >= 4 is 40.3 Å². The number of amides is 3. The average Bonchev–Trinajstić information content (AvgIpc) is 3.39. The third-order valence-electron chi connectivity index (χ3n) is 6.91. The highest BCUT2D eigenvalue weighted by Crippen LogP contribution is 2.18. The van der Waals surface area contributed by atoms with E-state index in [4.69, 9.17) is 0 Å². The summed E-state index contributed by atoms with van der Waals surface area (Å²) >= 11 is 1.29. The van der Waals surface area contributed by atoms with Crippen LogP contribution in [0.5, 0.6) is 0 Å². The van der Waals surface area contributed by atoms with Crippen molar-refractivity contribution < 1.29 is 14.4 Å². The zero-order valence-corrected chi connectivity index (χ0v) is 24.9. The monoisotopic (exact) mass is 573 g/mol. The van der Waals surface area contributed by atoms with E-state index in [0.29, 0.717) is 36.0 Å².